The average Bonchev–Trinajstić information content (AvgIpc) is 3.11. The van der Waals surface area contributed by atoms with Crippen molar-refractivity contribution in [3.8, 4) is 0 Å². The first-order valence-electron chi connectivity index (χ1n) is 6.32. The largest absolute Gasteiger partial charge is 0.458 e. The Labute approximate surface area is 124 Å². The standard InChI is InChI=1S/C15H13NO2S2/c17-15(6-5-11-7-8-19-10-11)18-9-14-16-12-3-1-2-4-13(12)20-14/h1-4,7-8,10H,5-6,9H2. The molecule has 3 nitrogen and oxygen atoms in total. The Morgan fingerprint density at radius 1 is 1.25 bits per heavy atom. The van der Waals surface area contributed by atoms with Gasteiger partial charge in [-0.25, -0.2) is 4.98 Å². The molecule has 0 saturated heterocycles. The van der Waals surface area contributed by atoms with Gasteiger partial charge in [-0.05, 0) is 40.9 Å². The summed E-state index contributed by atoms with van der Waals surface area (Å²) in [6.45, 7) is 0.266. The molecule has 0 aliphatic rings. The van der Waals surface area contributed by atoms with E-state index in [-0.39, 0.29) is 12.6 Å². The number of para-hydroxylation sites is 1. The predicted molar refractivity (Wildman–Crippen MR) is 82.1 cm³/mol. The average molecular weight is 303 g/mol. The zero-order valence-corrected chi connectivity index (χ0v) is 12.4. The zero-order valence-electron chi connectivity index (χ0n) is 10.7. The molecule has 3 rings (SSSR count). The summed E-state index contributed by atoms with van der Waals surface area (Å²) in [7, 11) is 0. The molecule has 5 heteroatoms. The maximum absolute atomic E-state index is 11.7. The van der Waals surface area contributed by atoms with E-state index in [1.54, 1.807) is 22.7 Å². The molecule has 20 heavy (non-hydrogen) atoms. The van der Waals surface area contributed by atoms with Crippen LogP contribution in [0.25, 0.3) is 10.2 Å². The summed E-state index contributed by atoms with van der Waals surface area (Å²) in [5.41, 5.74) is 2.15. The lowest BCUT2D eigenvalue weighted by Gasteiger charge is -2.01. The molecule has 0 amide bonds. The van der Waals surface area contributed by atoms with E-state index in [2.05, 4.69) is 10.4 Å². The Bertz CT molecular complexity index is 671. The molecular weight excluding hydrogens is 290 g/mol. The maximum atomic E-state index is 11.7. The summed E-state index contributed by atoms with van der Waals surface area (Å²) < 4.78 is 6.39. The highest BCUT2D eigenvalue weighted by Gasteiger charge is 2.08. The quantitative estimate of drug-likeness (QED) is 0.668. The summed E-state index contributed by atoms with van der Waals surface area (Å²) in [5.74, 6) is -0.171. The lowest BCUT2D eigenvalue weighted by atomic mass is 10.2. The van der Waals surface area contributed by atoms with Crippen molar-refractivity contribution in [2.45, 2.75) is 19.4 Å². The third kappa shape index (κ3) is 3.23. The van der Waals surface area contributed by atoms with Gasteiger partial charge in [0.25, 0.3) is 0 Å². The number of hydrogen-bond acceptors (Lipinski definition) is 5. The molecule has 0 radical (unpaired) electrons. The SMILES string of the molecule is O=C(CCc1ccsc1)OCc1nc2ccccc2s1. The molecule has 0 unspecified atom stereocenters. The van der Waals surface area contributed by atoms with Crippen LogP contribution in [0.1, 0.15) is 17.0 Å². The van der Waals surface area contributed by atoms with Crippen LogP contribution in [0, 0.1) is 0 Å². The van der Waals surface area contributed by atoms with Gasteiger partial charge in [0.15, 0.2) is 0 Å². The Kier molecular flexibility index (Phi) is 4.08. The van der Waals surface area contributed by atoms with Crippen molar-refractivity contribution < 1.29 is 9.53 Å². The molecule has 0 spiro atoms. The summed E-state index contributed by atoms with van der Waals surface area (Å²) in [6.07, 6.45) is 1.16. The number of ether oxygens (including phenoxy) is 1. The first kappa shape index (κ1) is 13.3. The number of hydrogen-bond donors (Lipinski definition) is 0. The minimum Gasteiger partial charge on any atom is -0.458 e. The van der Waals surface area contributed by atoms with E-state index in [1.807, 2.05) is 35.7 Å². The molecule has 0 saturated carbocycles. The summed E-state index contributed by atoms with van der Waals surface area (Å²) in [4.78, 5) is 16.1. The van der Waals surface area contributed by atoms with Crippen LogP contribution in [0.15, 0.2) is 41.1 Å². The number of benzene rings is 1. The molecule has 2 aromatic heterocycles. The molecule has 102 valence electrons. The van der Waals surface area contributed by atoms with Gasteiger partial charge in [-0.3, -0.25) is 4.79 Å². The fourth-order valence-corrected chi connectivity index (χ4v) is 3.46. The molecule has 0 aliphatic heterocycles. The normalized spacial score (nSPS) is 10.8. The van der Waals surface area contributed by atoms with Crippen molar-refractivity contribution in [3.05, 3.63) is 51.7 Å². The molecule has 0 bridgehead atoms. The number of thiophene rings is 1. The Morgan fingerprint density at radius 2 is 2.15 bits per heavy atom. The molecule has 2 heterocycles. The van der Waals surface area contributed by atoms with Gasteiger partial charge in [0.2, 0.25) is 0 Å². The van der Waals surface area contributed by atoms with Crippen molar-refractivity contribution in [2.75, 3.05) is 0 Å². The van der Waals surface area contributed by atoms with Crippen molar-refractivity contribution >= 4 is 38.9 Å². The van der Waals surface area contributed by atoms with Crippen molar-refractivity contribution in [2.24, 2.45) is 0 Å². The molecule has 0 fully saturated rings. The van der Waals surface area contributed by atoms with Gasteiger partial charge in [0.05, 0.1) is 10.2 Å². The van der Waals surface area contributed by atoms with Gasteiger partial charge in [-0.2, -0.15) is 11.3 Å². The molecule has 1 aromatic carbocycles. The third-order valence-electron chi connectivity index (χ3n) is 2.89. The van der Waals surface area contributed by atoms with Gasteiger partial charge < -0.3 is 4.74 Å². The lowest BCUT2D eigenvalue weighted by Crippen LogP contribution is -2.05. The van der Waals surface area contributed by atoms with Crippen LogP contribution in [0.5, 0.6) is 0 Å². The number of carbonyl (C=O) groups is 1. The number of aryl methyl sites for hydroxylation is 1. The monoisotopic (exact) mass is 303 g/mol. The maximum Gasteiger partial charge on any atom is 0.306 e. The molecule has 0 aliphatic carbocycles. The van der Waals surface area contributed by atoms with E-state index in [9.17, 15) is 4.79 Å². The fourth-order valence-electron chi connectivity index (χ4n) is 1.88. The van der Waals surface area contributed by atoms with Crippen LogP contribution in [0.4, 0.5) is 0 Å². The first-order valence-corrected chi connectivity index (χ1v) is 8.08. The van der Waals surface area contributed by atoms with E-state index < -0.39 is 0 Å². The van der Waals surface area contributed by atoms with Gasteiger partial charge in [0.1, 0.15) is 11.6 Å². The second-order valence-corrected chi connectivity index (χ2v) is 6.26. The number of rotatable bonds is 5. The topological polar surface area (TPSA) is 39.2 Å². The van der Waals surface area contributed by atoms with Gasteiger partial charge in [0, 0.05) is 6.42 Å². The van der Waals surface area contributed by atoms with E-state index >= 15 is 0 Å². The number of nitrogens with zero attached hydrogens (tertiary/aromatic N) is 1. The Hall–Kier alpha value is -1.72. The van der Waals surface area contributed by atoms with E-state index in [0.29, 0.717) is 6.42 Å². The minimum atomic E-state index is -0.171. The summed E-state index contributed by atoms with van der Waals surface area (Å²) >= 11 is 3.21. The lowest BCUT2D eigenvalue weighted by molar-refractivity contribution is -0.144. The van der Waals surface area contributed by atoms with Crippen LogP contribution in [0.2, 0.25) is 0 Å². The number of esters is 1. The van der Waals surface area contributed by atoms with Crippen LogP contribution in [-0.4, -0.2) is 11.0 Å². The highest BCUT2D eigenvalue weighted by Crippen LogP contribution is 2.22. The highest BCUT2D eigenvalue weighted by molar-refractivity contribution is 7.18. The van der Waals surface area contributed by atoms with Crippen molar-refractivity contribution in [1.29, 1.82) is 0 Å². The Balaban J connectivity index is 1.52. The molecular formula is C15H13NO2S2. The van der Waals surface area contributed by atoms with Crippen LogP contribution in [0.3, 0.4) is 0 Å². The number of fused-ring (bicyclic) bond motifs is 1. The summed E-state index contributed by atoms with van der Waals surface area (Å²) in [5, 5.41) is 4.91. The van der Waals surface area contributed by atoms with Crippen LogP contribution >= 0.6 is 22.7 Å². The van der Waals surface area contributed by atoms with Gasteiger partial charge in [-0.15, -0.1) is 11.3 Å². The van der Waals surface area contributed by atoms with Crippen LogP contribution < -0.4 is 0 Å². The van der Waals surface area contributed by atoms with E-state index in [4.69, 9.17) is 4.74 Å². The highest BCUT2D eigenvalue weighted by atomic mass is 32.1. The summed E-state index contributed by atoms with van der Waals surface area (Å²) in [6, 6.07) is 9.96. The van der Waals surface area contributed by atoms with Gasteiger partial charge >= 0.3 is 5.97 Å². The molecule has 0 N–H and O–H groups in total. The molecule has 3 aromatic rings. The van der Waals surface area contributed by atoms with Gasteiger partial charge in [-0.1, -0.05) is 12.1 Å². The third-order valence-corrected chi connectivity index (χ3v) is 4.63. The number of carbonyl (C=O) groups excluding carboxylic acids is 1. The first-order chi connectivity index (χ1) is 9.81. The zero-order chi connectivity index (χ0) is 13.8. The minimum absolute atomic E-state index is 0.171. The number of thiazole rings is 1. The second kappa shape index (κ2) is 6.15. The smallest absolute Gasteiger partial charge is 0.306 e. The molecule has 0 atom stereocenters. The Morgan fingerprint density at radius 3 is 2.95 bits per heavy atom. The second-order valence-electron chi connectivity index (χ2n) is 4.37. The van der Waals surface area contributed by atoms with E-state index in [1.165, 1.54) is 5.56 Å². The van der Waals surface area contributed by atoms with Crippen molar-refractivity contribution in [3.63, 3.8) is 0 Å². The van der Waals surface area contributed by atoms with Crippen molar-refractivity contribution in [1.82, 2.24) is 4.98 Å². The fraction of sp³-hybridized carbons (Fsp3) is 0.200. The van der Waals surface area contributed by atoms with Crippen LogP contribution in [-0.2, 0) is 22.6 Å². The predicted octanol–water partition coefficient (Wildman–Crippen LogP) is 4.03. The van der Waals surface area contributed by atoms with E-state index in [0.717, 1.165) is 21.6 Å². The number of aromatic nitrogens is 1.